The van der Waals surface area contributed by atoms with Gasteiger partial charge in [0.05, 0.1) is 12.2 Å². The highest BCUT2D eigenvalue weighted by Gasteiger charge is 2.38. The molecule has 11 heteroatoms. The summed E-state index contributed by atoms with van der Waals surface area (Å²) in [5.74, 6) is 1.61. The minimum absolute atomic E-state index is 0.0284. The second-order valence-electron chi connectivity index (χ2n) is 11.5. The fourth-order valence-corrected chi connectivity index (χ4v) is 5.32. The van der Waals surface area contributed by atoms with Crippen molar-refractivity contribution >= 4 is 25.6 Å². The number of fused-ring (bicyclic) bond motifs is 1. The van der Waals surface area contributed by atoms with E-state index in [9.17, 15) is 4.79 Å². The van der Waals surface area contributed by atoms with E-state index in [0.29, 0.717) is 36.5 Å². The number of benzene rings is 1. The van der Waals surface area contributed by atoms with Crippen LogP contribution < -0.4 is 4.90 Å². The van der Waals surface area contributed by atoms with Crippen molar-refractivity contribution in [2.45, 2.75) is 52.3 Å². The first-order valence-electron chi connectivity index (χ1n) is 13.1. The van der Waals surface area contributed by atoms with E-state index in [1.165, 1.54) is 0 Å². The van der Waals surface area contributed by atoms with E-state index in [2.05, 4.69) is 48.7 Å². The number of amides is 2. The molecule has 4 aromatic rings. The molecule has 0 bridgehead atoms. The van der Waals surface area contributed by atoms with Crippen molar-refractivity contribution in [3.63, 3.8) is 0 Å². The molecule has 1 saturated heterocycles. The summed E-state index contributed by atoms with van der Waals surface area (Å²) >= 11 is 0. The molecule has 0 N–H and O–H groups in total. The maximum atomic E-state index is 12.9. The molecule has 10 nitrogen and oxygen atoms in total. The van der Waals surface area contributed by atoms with Crippen molar-refractivity contribution < 1.29 is 9.53 Å². The predicted octanol–water partition coefficient (Wildman–Crippen LogP) is 4.86. The minimum Gasteiger partial charge on any atom is -0.359 e. The lowest BCUT2D eigenvalue weighted by Crippen LogP contribution is -2.38. The van der Waals surface area contributed by atoms with Gasteiger partial charge in [0.25, 0.3) is 0 Å². The first kappa shape index (κ1) is 26.1. The van der Waals surface area contributed by atoms with Crippen molar-refractivity contribution in [2.24, 2.45) is 5.92 Å². The van der Waals surface area contributed by atoms with E-state index in [4.69, 9.17) is 9.72 Å². The fourth-order valence-electron chi connectivity index (χ4n) is 4.56. The summed E-state index contributed by atoms with van der Waals surface area (Å²) in [6.07, 6.45) is 5.38. The largest absolute Gasteiger partial charge is 0.359 e. The lowest BCUT2D eigenvalue weighted by Gasteiger charge is -2.25. The number of ether oxygens (including phenoxy) is 1. The fraction of sp³-hybridized carbons (Fsp3) is 0.444. The van der Waals surface area contributed by atoms with Gasteiger partial charge in [-0.15, -0.1) is 5.10 Å². The maximum absolute atomic E-state index is 12.9. The Kier molecular flexibility index (Phi) is 7.06. The van der Waals surface area contributed by atoms with Gasteiger partial charge >= 0.3 is 6.03 Å². The lowest BCUT2D eigenvalue weighted by molar-refractivity contribution is 0.0785. The molecule has 1 aliphatic heterocycles. The molecule has 0 spiro atoms. The van der Waals surface area contributed by atoms with E-state index in [0.717, 1.165) is 29.3 Å². The number of carbonyl (C=O) groups is 1. The van der Waals surface area contributed by atoms with E-state index in [1.807, 2.05) is 49.8 Å². The number of likely N-dealkylation sites (N-methyl/N-ethyl adjacent to an activating group) is 1. The van der Waals surface area contributed by atoms with E-state index in [1.54, 1.807) is 25.3 Å². The van der Waals surface area contributed by atoms with E-state index >= 15 is 0 Å². The van der Waals surface area contributed by atoms with Crippen LogP contribution in [0, 0.1) is 5.92 Å². The van der Waals surface area contributed by atoms with Crippen LogP contribution in [-0.4, -0.2) is 74.6 Å². The number of anilines is 1. The van der Waals surface area contributed by atoms with Crippen LogP contribution in [0.1, 0.15) is 13.8 Å². The molecule has 5 rings (SSSR count). The molecule has 200 valence electrons. The van der Waals surface area contributed by atoms with Gasteiger partial charge in [-0.25, -0.2) is 24.0 Å². The number of carbonyl (C=O) groups excluding carboxylic acids is 1. The Labute approximate surface area is 224 Å². The molecular weight excluding hydrogens is 496 g/mol. The maximum Gasteiger partial charge on any atom is 0.325 e. The molecule has 1 aromatic carbocycles. The Bertz CT molecular complexity index is 1420. The Balaban J connectivity index is 1.34. The van der Waals surface area contributed by atoms with Crippen molar-refractivity contribution in [1.82, 2.24) is 34.3 Å². The zero-order valence-electron chi connectivity index (χ0n) is 23.0. The molecule has 0 unspecified atom stereocenters. The third-order valence-electron chi connectivity index (χ3n) is 6.91. The molecule has 1 atom stereocenters. The number of nitrogens with zero attached hydrogens (tertiary/aromatic N) is 8. The van der Waals surface area contributed by atoms with Crippen LogP contribution in [-0.2, 0) is 11.5 Å². The molecular formula is C27H36N8O2Si. The summed E-state index contributed by atoms with van der Waals surface area (Å²) in [6, 6.07) is 11.1. The van der Waals surface area contributed by atoms with Crippen LogP contribution in [0.25, 0.3) is 28.2 Å². The monoisotopic (exact) mass is 532 g/mol. The van der Waals surface area contributed by atoms with Crippen LogP contribution >= 0.6 is 0 Å². The third-order valence-corrected chi connectivity index (χ3v) is 8.61. The summed E-state index contributed by atoms with van der Waals surface area (Å²) in [4.78, 5) is 25.8. The standard InChI is InChI=1S/C27H36N8O2Si/c1-19(2)23-16-32(3)27(36)35(23)24-11-12-34-26(30-24)22(15-29-34)20-7-9-21(10-8-20)25-28-17-33(31-25)18-37-13-14-38(4,5)6/h7-12,15,17,19,23H,13-14,16,18H2,1-6H3/t23-/m1/s1. The highest BCUT2D eigenvalue weighted by atomic mass is 28.3. The third kappa shape index (κ3) is 5.34. The average Bonchev–Trinajstić information content (AvgIpc) is 3.59. The number of hydrogen-bond acceptors (Lipinski definition) is 6. The van der Waals surface area contributed by atoms with Gasteiger partial charge in [0.15, 0.2) is 11.5 Å². The van der Waals surface area contributed by atoms with Crippen LogP contribution in [0.15, 0.2) is 49.1 Å². The zero-order valence-corrected chi connectivity index (χ0v) is 24.0. The van der Waals surface area contributed by atoms with Gasteiger partial charge in [0.1, 0.15) is 18.9 Å². The van der Waals surface area contributed by atoms with Crippen molar-refractivity contribution in [2.75, 3.05) is 25.1 Å². The Morgan fingerprint density at radius 2 is 1.84 bits per heavy atom. The molecule has 3 aromatic heterocycles. The lowest BCUT2D eigenvalue weighted by atomic mass is 10.0. The molecule has 0 aliphatic carbocycles. The highest BCUT2D eigenvalue weighted by Crippen LogP contribution is 2.30. The van der Waals surface area contributed by atoms with Gasteiger partial charge in [0, 0.05) is 45.6 Å². The quantitative estimate of drug-likeness (QED) is 0.226. The Morgan fingerprint density at radius 1 is 1.11 bits per heavy atom. The van der Waals surface area contributed by atoms with Gasteiger partial charge in [0.2, 0.25) is 0 Å². The van der Waals surface area contributed by atoms with Crippen molar-refractivity contribution in [1.29, 1.82) is 0 Å². The topological polar surface area (TPSA) is 93.7 Å². The van der Waals surface area contributed by atoms with E-state index in [-0.39, 0.29) is 12.1 Å². The molecule has 0 saturated carbocycles. The normalized spacial score (nSPS) is 16.4. The van der Waals surface area contributed by atoms with Crippen molar-refractivity contribution in [3.8, 4) is 22.5 Å². The summed E-state index contributed by atoms with van der Waals surface area (Å²) in [5.41, 5.74) is 3.50. The number of aromatic nitrogens is 6. The smallest absolute Gasteiger partial charge is 0.325 e. The molecule has 4 heterocycles. The summed E-state index contributed by atoms with van der Waals surface area (Å²) in [6.45, 7) is 13.1. The highest BCUT2D eigenvalue weighted by molar-refractivity contribution is 6.76. The van der Waals surface area contributed by atoms with Crippen LogP contribution in [0.3, 0.4) is 0 Å². The molecule has 38 heavy (non-hydrogen) atoms. The summed E-state index contributed by atoms with van der Waals surface area (Å²) in [7, 11) is 0.723. The number of urea groups is 1. The molecule has 2 amide bonds. The first-order chi connectivity index (χ1) is 18.1. The van der Waals surface area contributed by atoms with Gasteiger partial charge in [-0.1, -0.05) is 57.8 Å². The summed E-state index contributed by atoms with van der Waals surface area (Å²) in [5, 5.41) is 9.05. The van der Waals surface area contributed by atoms with Crippen LogP contribution in [0.2, 0.25) is 25.7 Å². The molecule has 1 fully saturated rings. The van der Waals surface area contributed by atoms with Crippen LogP contribution in [0.5, 0.6) is 0 Å². The Morgan fingerprint density at radius 3 is 2.55 bits per heavy atom. The second-order valence-corrected chi connectivity index (χ2v) is 17.1. The van der Waals surface area contributed by atoms with Gasteiger partial charge in [-0.2, -0.15) is 5.10 Å². The van der Waals surface area contributed by atoms with Gasteiger partial charge < -0.3 is 9.64 Å². The Hall–Kier alpha value is -3.57. The van der Waals surface area contributed by atoms with Gasteiger partial charge in [-0.3, -0.25) is 4.90 Å². The van der Waals surface area contributed by atoms with E-state index < -0.39 is 8.07 Å². The number of rotatable bonds is 9. The van der Waals surface area contributed by atoms with Gasteiger partial charge in [-0.05, 0) is 23.6 Å². The minimum atomic E-state index is -1.11. The second kappa shape index (κ2) is 10.3. The van der Waals surface area contributed by atoms with Crippen LogP contribution in [0.4, 0.5) is 10.6 Å². The number of hydrogen-bond donors (Lipinski definition) is 0. The first-order valence-corrected chi connectivity index (χ1v) is 16.8. The summed E-state index contributed by atoms with van der Waals surface area (Å²) < 4.78 is 9.25. The zero-order chi connectivity index (χ0) is 27.0. The molecule has 0 radical (unpaired) electrons. The average molecular weight is 533 g/mol. The molecule has 1 aliphatic rings. The predicted molar refractivity (Wildman–Crippen MR) is 151 cm³/mol. The SMILES string of the molecule is CC(C)[C@H]1CN(C)C(=O)N1c1ccn2ncc(-c3ccc(-c4ncn(COCC[Si](C)(C)C)n4)cc3)c2n1. The van der Waals surface area contributed by atoms with Crippen molar-refractivity contribution in [3.05, 3.63) is 49.1 Å².